The van der Waals surface area contributed by atoms with Crippen LogP contribution in [-0.2, 0) is 14.3 Å². The summed E-state index contributed by atoms with van der Waals surface area (Å²) in [5, 5.41) is 6.17. The van der Waals surface area contributed by atoms with Gasteiger partial charge in [-0.05, 0) is 37.8 Å². The fraction of sp³-hybridized carbons (Fsp3) is 0.529. The van der Waals surface area contributed by atoms with Gasteiger partial charge in [-0.3, -0.25) is 9.59 Å². The molecule has 0 radical (unpaired) electrons. The van der Waals surface area contributed by atoms with Crippen LogP contribution in [0.15, 0.2) is 12.1 Å². The molecule has 0 atom stereocenters. The van der Waals surface area contributed by atoms with Crippen molar-refractivity contribution >= 4 is 29.1 Å². The van der Waals surface area contributed by atoms with Crippen LogP contribution in [0.1, 0.15) is 24.8 Å². The summed E-state index contributed by atoms with van der Waals surface area (Å²) in [5.41, 5.74) is 0.357. The summed E-state index contributed by atoms with van der Waals surface area (Å²) in [6.07, 6.45) is 1.80. The monoisotopic (exact) mass is 354 g/mol. The number of rotatable bonds is 8. The number of amides is 2. The van der Waals surface area contributed by atoms with E-state index in [4.69, 9.17) is 21.1 Å². The first-order chi connectivity index (χ1) is 11.4. The van der Waals surface area contributed by atoms with Gasteiger partial charge in [-0.15, -0.1) is 0 Å². The molecule has 7 heteroatoms. The Hall–Kier alpha value is -1.79. The molecule has 1 aromatic rings. The van der Waals surface area contributed by atoms with Crippen molar-refractivity contribution in [2.24, 2.45) is 5.41 Å². The molecule has 2 amide bonds. The summed E-state index contributed by atoms with van der Waals surface area (Å²) in [6, 6.07) is 3.39. The molecule has 2 rings (SSSR count). The predicted octanol–water partition coefficient (Wildman–Crippen LogP) is 2.53. The molecule has 0 bridgehead atoms. The minimum absolute atomic E-state index is 0.235. The van der Waals surface area contributed by atoms with Crippen LogP contribution in [0.3, 0.4) is 0 Å². The second kappa shape index (κ2) is 7.85. The Kier molecular flexibility index (Phi) is 6.07. The lowest BCUT2D eigenvalue weighted by atomic mass is 10.0. The minimum atomic E-state index is -0.981. The van der Waals surface area contributed by atoms with E-state index >= 15 is 0 Å². The van der Waals surface area contributed by atoms with E-state index in [0.717, 1.165) is 5.56 Å². The Morgan fingerprint density at radius 1 is 1.25 bits per heavy atom. The quantitative estimate of drug-likeness (QED) is 0.555. The lowest BCUT2D eigenvalue weighted by Crippen LogP contribution is -2.40. The van der Waals surface area contributed by atoms with E-state index in [1.807, 2.05) is 6.92 Å². The van der Waals surface area contributed by atoms with Gasteiger partial charge in [-0.25, -0.2) is 0 Å². The summed E-state index contributed by atoms with van der Waals surface area (Å²) in [4.78, 5) is 24.9. The van der Waals surface area contributed by atoms with Gasteiger partial charge in [0, 0.05) is 31.4 Å². The number of carbonyl (C=O) groups excluding carboxylic acids is 2. The number of methoxy groups -OCH3 is 2. The average Bonchev–Trinajstić information content (AvgIpc) is 3.36. The third-order valence-corrected chi connectivity index (χ3v) is 4.57. The highest BCUT2D eigenvalue weighted by molar-refractivity contribution is 6.31. The van der Waals surface area contributed by atoms with Crippen molar-refractivity contribution in [3.8, 4) is 5.75 Å². The first-order valence-corrected chi connectivity index (χ1v) is 8.25. The van der Waals surface area contributed by atoms with E-state index in [1.165, 1.54) is 7.11 Å². The zero-order valence-corrected chi connectivity index (χ0v) is 15.0. The van der Waals surface area contributed by atoms with Gasteiger partial charge in [-0.1, -0.05) is 11.6 Å². The molecule has 132 valence electrons. The fourth-order valence-corrected chi connectivity index (χ4v) is 2.60. The Labute approximate surface area is 146 Å². The van der Waals surface area contributed by atoms with Crippen LogP contribution in [0.25, 0.3) is 0 Å². The summed E-state index contributed by atoms with van der Waals surface area (Å²) in [6.45, 7) is 2.90. The first kappa shape index (κ1) is 18.5. The first-order valence-electron chi connectivity index (χ1n) is 7.87. The SMILES string of the molecule is COCCCNC(=O)C1(C(=O)Nc2cc(C)c(Cl)cc2OC)CC1. The number of aryl methyl sites for hydroxylation is 1. The average molecular weight is 355 g/mol. The number of anilines is 1. The fourth-order valence-electron chi connectivity index (χ4n) is 2.44. The molecule has 1 aliphatic rings. The third kappa shape index (κ3) is 3.99. The van der Waals surface area contributed by atoms with Crippen molar-refractivity contribution in [3.63, 3.8) is 0 Å². The third-order valence-electron chi connectivity index (χ3n) is 4.16. The largest absolute Gasteiger partial charge is 0.495 e. The van der Waals surface area contributed by atoms with Crippen LogP contribution >= 0.6 is 11.6 Å². The van der Waals surface area contributed by atoms with E-state index in [-0.39, 0.29) is 11.8 Å². The van der Waals surface area contributed by atoms with Gasteiger partial charge in [0.15, 0.2) is 0 Å². The predicted molar refractivity (Wildman–Crippen MR) is 92.5 cm³/mol. The van der Waals surface area contributed by atoms with Gasteiger partial charge >= 0.3 is 0 Å². The van der Waals surface area contributed by atoms with Crippen molar-refractivity contribution in [2.75, 3.05) is 32.7 Å². The van der Waals surface area contributed by atoms with Gasteiger partial charge in [0.1, 0.15) is 11.2 Å². The molecule has 0 heterocycles. The standard InChI is InChI=1S/C17H23ClN2O4/c1-11-9-13(14(24-3)10-12(11)18)20-16(22)17(5-6-17)15(21)19-7-4-8-23-2/h9-10H,4-8H2,1-3H3,(H,19,21)(H,20,22). The number of ether oxygens (including phenoxy) is 2. The number of carbonyl (C=O) groups is 2. The summed E-state index contributed by atoms with van der Waals surface area (Å²) >= 11 is 6.07. The second-order valence-electron chi connectivity index (χ2n) is 5.94. The summed E-state index contributed by atoms with van der Waals surface area (Å²) in [5.74, 6) is -0.0808. The molecule has 1 aromatic carbocycles. The highest BCUT2D eigenvalue weighted by Crippen LogP contribution is 2.47. The van der Waals surface area contributed by atoms with Gasteiger partial charge in [0.25, 0.3) is 0 Å². The number of halogens is 1. The maximum atomic E-state index is 12.6. The molecule has 1 aliphatic carbocycles. The normalized spacial score (nSPS) is 14.8. The zero-order chi connectivity index (χ0) is 17.7. The van der Waals surface area contributed by atoms with Gasteiger partial charge in [0.2, 0.25) is 11.8 Å². The van der Waals surface area contributed by atoms with Crippen molar-refractivity contribution < 1.29 is 19.1 Å². The van der Waals surface area contributed by atoms with Crippen molar-refractivity contribution in [1.82, 2.24) is 5.32 Å². The minimum Gasteiger partial charge on any atom is -0.495 e. The van der Waals surface area contributed by atoms with Crippen molar-refractivity contribution in [3.05, 3.63) is 22.7 Å². The Balaban J connectivity index is 2.04. The van der Waals surface area contributed by atoms with Crippen LogP contribution in [-0.4, -0.2) is 39.2 Å². The van der Waals surface area contributed by atoms with Crippen LogP contribution in [0.5, 0.6) is 5.75 Å². The molecule has 0 saturated heterocycles. The molecular weight excluding hydrogens is 332 g/mol. The highest BCUT2D eigenvalue weighted by atomic mass is 35.5. The molecule has 24 heavy (non-hydrogen) atoms. The molecular formula is C17H23ClN2O4. The Morgan fingerprint density at radius 3 is 2.54 bits per heavy atom. The lowest BCUT2D eigenvalue weighted by molar-refractivity contribution is -0.134. The van der Waals surface area contributed by atoms with Crippen LogP contribution < -0.4 is 15.4 Å². The maximum Gasteiger partial charge on any atom is 0.240 e. The van der Waals surface area contributed by atoms with E-state index in [9.17, 15) is 9.59 Å². The number of hydrogen-bond acceptors (Lipinski definition) is 4. The molecule has 0 unspecified atom stereocenters. The van der Waals surface area contributed by atoms with Crippen molar-refractivity contribution in [1.29, 1.82) is 0 Å². The molecule has 2 N–H and O–H groups in total. The van der Waals surface area contributed by atoms with Crippen LogP contribution in [0, 0.1) is 12.3 Å². The molecule has 0 spiro atoms. The number of nitrogens with one attached hydrogen (secondary N) is 2. The summed E-state index contributed by atoms with van der Waals surface area (Å²) < 4.78 is 10.2. The van der Waals surface area contributed by atoms with Gasteiger partial charge < -0.3 is 20.1 Å². The lowest BCUT2D eigenvalue weighted by Gasteiger charge is -2.17. The van der Waals surface area contributed by atoms with E-state index in [1.54, 1.807) is 19.2 Å². The Morgan fingerprint density at radius 2 is 1.96 bits per heavy atom. The van der Waals surface area contributed by atoms with Crippen LogP contribution in [0.2, 0.25) is 5.02 Å². The van der Waals surface area contributed by atoms with Gasteiger partial charge in [0.05, 0.1) is 12.8 Å². The molecule has 1 fully saturated rings. The smallest absolute Gasteiger partial charge is 0.240 e. The second-order valence-corrected chi connectivity index (χ2v) is 6.35. The number of benzene rings is 1. The molecule has 0 aliphatic heterocycles. The molecule has 1 saturated carbocycles. The zero-order valence-electron chi connectivity index (χ0n) is 14.2. The molecule has 0 aromatic heterocycles. The van der Waals surface area contributed by atoms with Gasteiger partial charge in [-0.2, -0.15) is 0 Å². The van der Waals surface area contributed by atoms with E-state index < -0.39 is 5.41 Å². The van der Waals surface area contributed by atoms with Crippen LogP contribution in [0.4, 0.5) is 5.69 Å². The number of hydrogen-bond donors (Lipinski definition) is 2. The van der Waals surface area contributed by atoms with Crippen molar-refractivity contribution in [2.45, 2.75) is 26.2 Å². The maximum absolute atomic E-state index is 12.6. The Bertz CT molecular complexity index is 629. The topological polar surface area (TPSA) is 76.7 Å². The van der Waals surface area contributed by atoms with E-state index in [2.05, 4.69) is 10.6 Å². The van der Waals surface area contributed by atoms with E-state index in [0.29, 0.717) is 48.9 Å². The highest BCUT2D eigenvalue weighted by Gasteiger charge is 2.56. The molecule has 6 nitrogen and oxygen atoms in total. The summed E-state index contributed by atoms with van der Waals surface area (Å²) in [7, 11) is 3.12.